The van der Waals surface area contributed by atoms with Crippen LogP contribution >= 0.6 is 31.9 Å². The number of nitrogens with two attached hydrogens (primary N) is 1. The van der Waals surface area contributed by atoms with E-state index in [1.807, 2.05) is 0 Å². The first-order valence-corrected chi connectivity index (χ1v) is 8.57. The minimum absolute atomic E-state index is 0.119. The van der Waals surface area contributed by atoms with Gasteiger partial charge in [-0.15, -0.1) is 0 Å². The van der Waals surface area contributed by atoms with Crippen molar-refractivity contribution in [3.8, 4) is 0 Å². The van der Waals surface area contributed by atoms with Gasteiger partial charge in [0.05, 0.1) is 11.4 Å². The summed E-state index contributed by atoms with van der Waals surface area (Å²) in [6.07, 6.45) is 0. The van der Waals surface area contributed by atoms with Gasteiger partial charge < -0.3 is 5.73 Å². The zero-order chi connectivity index (χ0) is 14.9. The predicted molar refractivity (Wildman–Crippen MR) is 86.0 cm³/mol. The zero-order valence-corrected chi connectivity index (χ0v) is 14.4. The van der Waals surface area contributed by atoms with Crippen molar-refractivity contribution in [3.63, 3.8) is 0 Å². The van der Waals surface area contributed by atoms with Gasteiger partial charge in [-0.25, -0.2) is 13.4 Å². The summed E-state index contributed by atoms with van der Waals surface area (Å²) in [5.41, 5.74) is 7.09. The van der Waals surface area contributed by atoms with E-state index in [9.17, 15) is 8.42 Å². The molecule has 0 saturated heterocycles. The monoisotopic (exact) mass is 419 g/mol. The second kappa shape index (κ2) is 5.71. The van der Waals surface area contributed by atoms with Gasteiger partial charge in [0.2, 0.25) is 0 Å². The lowest BCUT2D eigenvalue weighted by atomic mass is 10.3. The van der Waals surface area contributed by atoms with Gasteiger partial charge in [-0.3, -0.25) is 4.72 Å². The average Bonchev–Trinajstić information content (AvgIpc) is 2.32. The molecule has 2 aromatic rings. The van der Waals surface area contributed by atoms with Crippen molar-refractivity contribution in [1.82, 2.24) is 4.98 Å². The van der Waals surface area contributed by atoms with E-state index >= 15 is 0 Å². The Morgan fingerprint density at radius 3 is 2.50 bits per heavy atom. The summed E-state index contributed by atoms with van der Waals surface area (Å²) in [6, 6.07) is 7.84. The molecule has 1 heterocycles. The predicted octanol–water partition coefficient (Wildman–Crippen LogP) is 3.30. The molecule has 0 radical (unpaired) electrons. The van der Waals surface area contributed by atoms with Gasteiger partial charge in [0.1, 0.15) is 9.50 Å². The molecule has 106 valence electrons. The number of sulfonamides is 1. The first kappa shape index (κ1) is 15.3. The summed E-state index contributed by atoms with van der Waals surface area (Å²) in [7, 11) is -3.70. The Labute approximate surface area is 133 Å². The SMILES string of the molecule is Cc1nc(Br)ccc1NS(=O)(=O)c1ccc(N)cc1Br. The standard InChI is InChI=1S/C12H11Br2N3O2S/c1-7-10(3-5-12(14)16-7)17-20(18,19)11-4-2-8(15)6-9(11)13/h2-6,17H,15H2,1H3. The number of nitrogen functional groups attached to an aromatic ring is 1. The Balaban J connectivity index is 2.41. The lowest BCUT2D eigenvalue weighted by Crippen LogP contribution is -2.15. The smallest absolute Gasteiger partial charge is 0.263 e. The summed E-state index contributed by atoms with van der Waals surface area (Å²) < 4.78 is 28.3. The molecule has 0 aliphatic carbocycles. The quantitative estimate of drug-likeness (QED) is 0.589. The number of pyridine rings is 1. The van der Waals surface area contributed by atoms with Crippen molar-refractivity contribution in [1.29, 1.82) is 0 Å². The van der Waals surface area contributed by atoms with Crippen LogP contribution in [-0.4, -0.2) is 13.4 Å². The van der Waals surface area contributed by atoms with Gasteiger partial charge in [-0.2, -0.15) is 0 Å². The molecule has 0 saturated carbocycles. The summed E-state index contributed by atoms with van der Waals surface area (Å²) in [5, 5.41) is 0. The number of anilines is 2. The Morgan fingerprint density at radius 1 is 1.20 bits per heavy atom. The van der Waals surface area contributed by atoms with Crippen LogP contribution in [0.5, 0.6) is 0 Å². The van der Waals surface area contributed by atoms with E-state index in [1.165, 1.54) is 12.1 Å². The molecule has 0 atom stereocenters. The largest absolute Gasteiger partial charge is 0.399 e. The van der Waals surface area contributed by atoms with E-state index in [0.717, 1.165) is 0 Å². The normalized spacial score (nSPS) is 11.3. The summed E-state index contributed by atoms with van der Waals surface area (Å²) in [5.74, 6) is 0. The number of hydrogen-bond donors (Lipinski definition) is 2. The summed E-state index contributed by atoms with van der Waals surface area (Å²) in [4.78, 5) is 4.27. The third-order valence-electron chi connectivity index (χ3n) is 2.54. The van der Waals surface area contributed by atoms with Crippen LogP contribution in [0.3, 0.4) is 0 Å². The van der Waals surface area contributed by atoms with Gasteiger partial charge in [-0.1, -0.05) is 0 Å². The highest BCUT2D eigenvalue weighted by Crippen LogP contribution is 2.27. The number of nitrogens with zero attached hydrogens (tertiary/aromatic N) is 1. The number of aromatic nitrogens is 1. The summed E-state index contributed by atoms with van der Waals surface area (Å²) >= 11 is 6.43. The molecule has 0 aliphatic heterocycles. The molecule has 0 spiro atoms. The topological polar surface area (TPSA) is 85.1 Å². The van der Waals surface area contributed by atoms with E-state index in [4.69, 9.17) is 5.73 Å². The number of halogens is 2. The van der Waals surface area contributed by atoms with E-state index < -0.39 is 10.0 Å². The lowest BCUT2D eigenvalue weighted by Gasteiger charge is -2.11. The van der Waals surface area contributed by atoms with Crippen LogP contribution in [0.2, 0.25) is 0 Å². The molecule has 20 heavy (non-hydrogen) atoms. The highest BCUT2D eigenvalue weighted by atomic mass is 79.9. The molecule has 0 fully saturated rings. The number of nitrogens with one attached hydrogen (secondary N) is 1. The second-order valence-corrected chi connectivity index (χ2v) is 7.38. The Hall–Kier alpha value is -1.12. The molecule has 0 aliphatic rings. The Kier molecular flexibility index (Phi) is 4.36. The van der Waals surface area contributed by atoms with Crippen LogP contribution in [0.4, 0.5) is 11.4 Å². The lowest BCUT2D eigenvalue weighted by molar-refractivity contribution is 0.600. The van der Waals surface area contributed by atoms with E-state index in [0.29, 0.717) is 26.1 Å². The van der Waals surface area contributed by atoms with Gasteiger partial charge >= 0.3 is 0 Å². The maximum atomic E-state index is 12.3. The maximum absolute atomic E-state index is 12.3. The first-order chi connectivity index (χ1) is 9.29. The fourth-order valence-electron chi connectivity index (χ4n) is 1.57. The Bertz CT molecular complexity index is 763. The van der Waals surface area contributed by atoms with E-state index in [2.05, 4.69) is 41.6 Å². The van der Waals surface area contributed by atoms with Crippen molar-refractivity contribution in [2.24, 2.45) is 0 Å². The molecule has 1 aromatic heterocycles. The van der Waals surface area contributed by atoms with Crippen LogP contribution in [-0.2, 0) is 10.0 Å². The minimum atomic E-state index is -3.70. The van der Waals surface area contributed by atoms with Crippen LogP contribution in [0.25, 0.3) is 0 Å². The average molecular weight is 421 g/mol. The van der Waals surface area contributed by atoms with Crippen LogP contribution in [0.15, 0.2) is 44.3 Å². The van der Waals surface area contributed by atoms with Crippen LogP contribution < -0.4 is 10.5 Å². The van der Waals surface area contributed by atoms with Gasteiger partial charge in [0, 0.05) is 10.2 Å². The van der Waals surface area contributed by atoms with E-state index in [-0.39, 0.29) is 4.90 Å². The summed E-state index contributed by atoms with van der Waals surface area (Å²) in [6.45, 7) is 1.72. The van der Waals surface area contributed by atoms with Crippen molar-refractivity contribution in [3.05, 3.63) is 45.1 Å². The highest BCUT2D eigenvalue weighted by molar-refractivity contribution is 9.10. The molecular weight excluding hydrogens is 410 g/mol. The van der Waals surface area contributed by atoms with Crippen LogP contribution in [0.1, 0.15) is 5.69 Å². The fourth-order valence-corrected chi connectivity index (χ4v) is 4.19. The van der Waals surface area contributed by atoms with Crippen molar-refractivity contribution < 1.29 is 8.42 Å². The van der Waals surface area contributed by atoms with Gasteiger partial charge in [-0.05, 0) is 69.1 Å². The first-order valence-electron chi connectivity index (χ1n) is 5.50. The zero-order valence-electron chi connectivity index (χ0n) is 10.4. The second-order valence-electron chi connectivity index (χ2n) is 4.06. The highest BCUT2D eigenvalue weighted by Gasteiger charge is 2.19. The number of hydrogen-bond acceptors (Lipinski definition) is 4. The molecule has 0 bridgehead atoms. The van der Waals surface area contributed by atoms with Crippen molar-refractivity contribution >= 4 is 53.3 Å². The molecule has 2 rings (SSSR count). The molecule has 1 aromatic carbocycles. The van der Waals surface area contributed by atoms with Gasteiger partial charge in [0.15, 0.2) is 0 Å². The number of aryl methyl sites for hydroxylation is 1. The van der Waals surface area contributed by atoms with E-state index in [1.54, 1.807) is 25.1 Å². The Morgan fingerprint density at radius 2 is 1.90 bits per heavy atom. The third-order valence-corrected chi connectivity index (χ3v) is 5.33. The molecule has 8 heteroatoms. The molecule has 3 N–H and O–H groups in total. The third kappa shape index (κ3) is 3.31. The van der Waals surface area contributed by atoms with Gasteiger partial charge in [0.25, 0.3) is 10.0 Å². The van der Waals surface area contributed by atoms with Crippen molar-refractivity contribution in [2.45, 2.75) is 11.8 Å². The van der Waals surface area contributed by atoms with Crippen molar-refractivity contribution in [2.75, 3.05) is 10.5 Å². The molecule has 0 amide bonds. The minimum Gasteiger partial charge on any atom is -0.399 e. The molecular formula is C12H11Br2N3O2S. The molecule has 5 nitrogen and oxygen atoms in total. The fraction of sp³-hybridized carbons (Fsp3) is 0.0833. The van der Waals surface area contributed by atoms with Crippen LogP contribution in [0, 0.1) is 6.92 Å². The number of rotatable bonds is 3. The maximum Gasteiger partial charge on any atom is 0.263 e. The number of benzene rings is 1. The molecule has 0 unspecified atom stereocenters.